The van der Waals surface area contributed by atoms with Crippen molar-refractivity contribution in [2.45, 2.75) is 0 Å². The monoisotopic (exact) mass is 371 g/mol. The highest BCUT2D eigenvalue weighted by Crippen LogP contribution is 2.25. The number of carbonyl (C=O) groups excluding carboxylic acids is 1. The number of hydrogen-bond donors (Lipinski definition) is 1. The van der Waals surface area contributed by atoms with Gasteiger partial charge in [0.05, 0.1) is 11.9 Å². The number of hydrogen-bond acceptors (Lipinski definition) is 3. The number of halogens is 2. The second-order valence-corrected chi connectivity index (χ2v) is 6.29. The molecule has 0 aliphatic carbocycles. The van der Waals surface area contributed by atoms with Crippen LogP contribution >= 0.6 is 23.2 Å². The minimum absolute atomic E-state index is 0.177. The maximum Gasteiger partial charge on any atom is 0.276 e. The van der Waals surface area contributed by atoms with Gasteiger partial charge in [0.2, 0.25) is 0 Å². The van der Waals surface area contributed by atoms with Gasteiger partial charge in [-0.1, -0.05) is 41.4 Å². The second-order valence-electron chi connectivity index (χ2n) is 5.41. The number of nitrogens with one attached hydrogen (secondary N) is 1. The molecule has 4 nitrogen and oxygen atoms in total. The standard InChI is InChI=1S/C19H15Cl2N3O/c1-24(17-5-3-2-4-6-17)19(25)18-8-7-15(12-22-18)23-16-10-13(20)9-14(21)11-16/h2-12,23H,1H3. The van der Waals surface area contributed by atoms with E-state index in [1.54, 1.807) is 48.5 Å². The summed E-state index contributed by atoms with van der Waals surface area (Å²) in [4.78, 5) is 18.3. The minimum atomic E-state index is -0.177. The van der Waals surface area contributed by atoms with Crippen LogP contribution in [0.1, 0.15) is 10.5 Å². The molecule has 0 aliphatic heterocycles. The van der Waals surface area contributed by atoms with Gasteiger partial charge in [0, 0.05) is 28.5 Å². The molecular formula is C19H15Cl2N3O. The topological polar surface area (TPSA) is 45.2 Å². The Morgan fingerprint density at radius 1 is 0.960 bits per heavy atom. The summed E-state index contributed by atoms with van der Waals surface area (Å²) in [5.41, 5.74) is 2.66. The van der Waals surface area contributed by atoms with Crippen LogP contribution in [0.15, 0.2) is 66.9 Å². The molecule has 1 N–H and O–H groups in total. The van der Waals surface area contributed by atoms with Crippen LogP contribution in [0.5, 0.6) is 0 Å². The van der Waals surface area contributed by atoms with Crippen LogP contribution in [-0.2, 0) is 0 Å². The van der Waals surface area contributed by atoms with Crippen molar-refractivity contribution in [2.75, 3.05) is 17.3 Å². The Bertz CT molecular complexity index is 863. The molecule has 0 radical (unpaired) electrons. The Hall–Kier alpha value is -2.56. The highest BCUT2D eigenvalue weighted by atomic mass is 35.5. The number of anilines is 3. The summed E-state index contributed by atoms with van der Waals surface area (Å²) in [6.45, 7) is 0. The van der Waals surface area contributed by atoms with E-state index in [1.165, 1.54) is 0 Å². The normalized spacial score (nSPS) is 10.4. The first-order valence-corrected chi connectivity index (χ1v) is 8.31. The third-order valence-electron chi connectivity index (χ3n) is 3.58. The molecule has 3 aromatic rings. The summed E-state index contributed by atoms with van der Waals surface area (Å²) in [7, 11) is 1.72. The molecule has 0 saturated carbocycles. The average molecular weight is 372 g/mol. The van der Waals surface area contributed by atoms with Crippen LogP contribution in [0.25, 0.3) is 0 Å². The van der Waals surface area contributed by atoms with Crippen molar-refractivity contribution in [3.8, 4) is 0 Å². The van der Waals surface area contributed by atoms with Gasteiger partial charge >= 0.3 is 0 Å². The zero-order valence-electron chi connectivity index (χ0n) is 13.4. The largest absolute Gasteiger partial charge is 0.354 e. The van der Waals surface area contributed by atoms with E-state index in [0.717, 1.165) is 17.1 Å². The molecule has 2 aromatic carbocycles. The maximum atomic E-state index is 12.5. The van der Waals surface area contributed by atoms with Crippen molar-refractivity contribution in [3.05, 3.63) is 82.6 Å². The molecule has 25 heavy (non-hydrogen) atoms. The van der Waals surface area contributed by atoms with Gasteiger partial charge in [-0.3, -0.25) is 4.79 Å². The molecule has 0 saturated heterocycles. The van der Waals surface area contributed by atoms with Crippen LogP contribution in [0.4, 0.5) is 17.1 Å². The quantitative estimate of drug-likeness (QED) is 0.666. The Labute approximate surface area is 156 Å². The average Bonchev–Trinajstić information content (AvgIpc) is 2.61. The van der Waals surface area contributed by atoms with E-state index in [0.29, 0.717) is 15.7 Å². The Balaban J connectivity index is 1.74. The lowest BCUT2D eigenvalue weighted by Crippen LogP contribution is -2.26. The summed E-state index contributed by atoms with van der Waals surface area (Å²) in [6, 6.07) is 18.1. The van der Waals surface area contributed by atoms with Crippen molar-refractivity contribution >= 4 is 46.2 Å². The number of rotatable bonds is 4. The lowest BCUT2D eigenvalue weighted by Gasteiger charge is -2.17. The number of aromatic nitrogens is 1. The molecule has 0 aliphatic rings. The molecule has 0 bridgehead atoms. The predicted octanol–water partition coefficient (Wildman–Crippen LogP) is 5.41. The predicted molar refractivity (Wildman–Crippen MR) is 103 cm³/mol. The second kappa shape index (κ2) is 7.55. The zero-order chi connectivity index (χ0) is 17.8. The van der Waals surface area contributed by atoms with Crippen LogP contribution in [0.2, 0.25) is 10.0 Å². The molecular weight excluding hydrogens is 357 g/mol. The number of amides is 1. The van der Waals surface area contributed by atoms with Gasteiger partial charge in [-0.2, -0.15) is 0 Å². The summed E-state index contributed by atoms with van der Waals surface area (Å²) in [5, 5.41) is 4.24. The van der Waals surface area contributed by atoms with Gasteiger partial charge in [-0.05, 0) is 42.5 Å². The fourth-order valence-corrected chi connectivity index (χ4v) is 2.85. The molecule has 1 heterocycles. The van der Waals surface area contributed by atoms with Gasteiger partial charge in [-0.25, -0.2) is 4.98 Å². The van der Waals surface area contributed by atoms with E-state index in [9.17, 15) is 4.79 Å². The fourth-order valence-electron chi connectivity index (χ4n) is 2.33. The number of benzene rings is 2. The molecule has 6 heteroatoms. The molecule has 126 valence electrons. The zero-order valence-corrected chi connectivity index (χ0v) is 14.9. The van der Waals surface area contributed by atoms with Crippen molar-refractivity contribution in [1.29, 1.82) is 0 Å². The molecule has 1 amide bonds. The van der Waals surface area contributed by atoms with E-state index < -0.39 is 0 Å². The maximum absolute atomic E-state index is 12.5. The van der Waals surface area contributed by atoms with Crippen LogP contribution in [-0.4, -0.2) is 17.9 Å². The molecule has 0 atom stereocenters. The van der Waals surface area contributed by atoms with Crippen molar-refractivity contribution < 1.29 is 4.79 Å². The molecule has 3 rings (SSSR count). The van der Waals surface area contributed by atoms with Crippen LogP contribution < -0.4 is 10.2 Å². The van der Waals surface area contributed by atoms with Crippen molar-refractivity contribution in [3.63, 3.8) is 0 Å². The third kappa shape index (κ3) is 4.29. The summed E-state index contributed by atoms with van der Waals surface area (Å²) < 4.78 is 0. The minimum Gasteiger partial charge on any atom is -0.354 e. The molecule has 0 fully saturated rings. The number of pyridine rings is 1. The number of para-hydroxylation sites is 1. The Morgan fingerprint density at radius 3 is 2.24 bits per heavy atom. The van der Waals surface area contributed by atoms with Crippen LogP contribution in [0.3, 0.4) is 0 Å². The first-order valence-electron chi connectivity index (χ1n) is 7.55. The lowest BCUT2D eigenvalue weighted by atomic mass is 10.2. The lowest BCUT2D eigenvalue weighted by molar-refractivity contribution is 0.0988. The Morgan fingerprint density at radius 2 is 1.64 bits per heavy atom. The van der Waals surface area contributed by atoms with Gasteiger partial charge in [-0.15, -0.1) is 0 Å². The highest BCUT2D eigenvalue weighted by Gasteiger charge is 2.14. The third-order valence-corrected chi connectivity index (χ3v) is 4.02. The highest BCUT2D eigenvalue weighted by molar-refractivity contribution is 6.35. The summed E-state index contributed by atoms with van der Waals surface area (Å²) in [5.74, 6) is -0.177. The first kappa shape index (κ1) is 17.3. The number of carbonyl (C=O) groups is 1. The molecule has 0 spiro atoms. The van der Waals surface area contributed by atoms with E-state index in [2.05, 4.69) is 10.3 Å². The SMILES string of the molecule is CN(C(=O)c1ccc(Nc2cc(Cl)cc(Cl)c2)cn1)c1ccccc1. The van der Waals surface area contributed by atoms with E-state index in [1.807, 2.05) is 30.3 Å². The van der Waals surface area contributed by atoms with E-state index >= 15 is 0 Å². The van der Waals surface area contributed by atoms with E-state index in [4.69, 9.17) is 23.2 Å². The summed E-state index contributed by atoms with van der Waals surface area (Å²) >= 11 is 12.0. The van der Waals surface area contributed by atoms with Gasteiger partial charge in [0.25, 0.3) is 5.91 Å². The van der Waals surface area contributed by atoms with Gasteiger partial charge in [0.15, 0.2) is 0 Å². The fraction of sp³-hybridized carbons (Fsp3) is 0.0526. The molecule has 1 aromatic heterocycles. The first-order chi connectivity index (χ1) is 12.0. The summed E-state index contributed by atoms with van der Waals surface area (Å²) in [6.07, 6.45) is 1.60. The van der Waals surface area contributed by atoms with Crippen molar-refractivity contribution in [1.82, 2.24) is 4.98 Å². The van der Waals surface area contributed by atoms with Gasteiger partial charge < -0.3 is 10.2 Å². The smallest absolute Gasteiger partial charge is 0.276 e. The van der Waals surface area contributed by atoms with Gasteiger partial charge in [0.1, 0.15) is 5.69 Å². The Kier molecular flexibility index (Phi) is 5.22. The number of nitrogens with zero attached hydrogens (tertiary/aromatic N) is 2. The molecule has 0 unspecified atom stereocenters. The van der Waals surface area contributed by atoms with Crippen molar-refractivity contribution in [2.24, 2.45) is 0 Å². The van der Waals surface area contributed by atoms with E-state index in [-0.39, 0.29) is 5.91 Å². The van der Waals surface area contributed by atoms with Crippen LogP contribution in [0, 0.1) is 0 Å².